The Balaban J connectivity index is 1.94. The number of aryl methyl sites for hydroxylation is 2. The number of hydrogen-bond donors (Lipinski definition) is 0. The van der Waals surface area contributed by atoms with Gasteiger partial charge in [-0.3, -0.25) is 4.79 Å². The second-order valence-electron chi connectivity index (χ2n) is 4.23. The Morgan fingerprint density at radius 2 is 2.10 bits per heavy atom. The molecule has 0 radical (unpaired) electrons. The highest BCUT2D eigenvalue weighted by atomic mass is 16.5. The summed E-state index contributed by atoms with van der Waals surface area (Å²) in [5, 5.41) is 7.86. The van der Waals surface area contributed by atoms with Crippen LogP contribution in [0.4, 0.5) is 0 Å². The fourth-order valence-electron chi connectivity index (χ4n) is 1.57. The van der Waals surface area contributed by atoms with E-state index in [4.69, 9.17) is 15.6 Å². The van der Waals surface area contributed by atoms with Gasteiger partial charge in [0.2, 0.25) is 11.8 Å². The van der Waals surface area contributed by atoms with Crippen molar-refractivity contribution in [1.29, 1.82) is 0 Å². The fourth-order valence-corrected chi connectivity index (χ4v) is 1.57. The number of carbonyl (C=O) groups is 1. The van der Waals surface area contributed by atoms with Gasteiger partial charge in [0.1, 0.15) is 0 Å². The third kappa shape index (κ3) is 3.69. The molecule has 0 aliphatic heterocycles. The number of esters is 1. The average Bonchev–Trinajstić information content (AvgIpc) is 2.92. The number of rotatable bonds is 5. The summed E-state index contributed by atoms with van der Waals surface area (Å²) in [5.74, 6) is 2.70. The van der Waals surface area contributed by atoms with Crippen molar-refractivity contribution in [3.05, 3.63) is 35.7 Å². The van der Waals surface area contributed by atoms with Crippen molar-refractivity contribution < 1.29 is 13.9 Å². The molecule has 0 spiro atoms. The van der Waals surface area contributed by atoms with Crippen molar-refractivity contribution in [3.8, 4) is 23.8 Å². The molecule has 0 unspecified atom stereocenters. The first kappa shape index (κ1) is 13.8. The second-order valence-corrected chi connectivity index (χ2v) is 4.23. The largest absolute Gasteiger partial charge is 0.452 e. The van der Waals surface area contributed by atoms with E-state index in [1.54, 1.807) is 0 Å². The van der Waals surface area contributed by atoms with Gasteiger partial charge in [-0.1, -0.05) is 23.6 Å². The number of hydrogen-bond acceptors (Lipinski definition) is 5. The molecule has 1 aromatic heterocycles. The Hall–Kier alpha value is -2.61. The summed E-state index contributed by atoms with van der Waals surface area (Å²) in [6, 6.07) is 7.76. The van der Waals surface area contributed by atoms with Gasteiger partial charge in [0, 0.05) is 12.0 Å². The van der Waals surface area contributed by atoms with Crippen LogP contribution >= 0.6 is 0 Å². The van der Waals surface area contributed by atoms with E-state index in [0.29, 0.717) is 18.2 Å². The highest BCUT2D eigenvalue weighted by molar-refractivity contribution is 5.69. The third-order valence-corrected chi connectivity index (χ3v) is 2.62. The zero-order valence-electron chi connectivity index (χ0n) is 11.1. The van der Waals surface area contributed by atoms with Gasteiger partial charge in [-0.15, -0.1) is 16.6 Å². The van der Waals surface area contributed by atoms with E-state index in [0.717, 1.165) is 11.1 Å². The van der Waals surface area contributed by atoms with E-state index >= 15 is 0 Å². The lowest BCUT2D eigenvalue weighted by molar-refractivity contribution is -0.142. The van der Waals surface area contributed by atoms with Gasteiger partial charge in [-0.05, 0) is 19.1 Å². The Kier molecular flexibility index (Phi) is 4.51. The average molecular weight is 270 g/mol. The van der Waals surface area contributed by atoms with E-state index in [1.165, 1.54) is 0 Å². The van der Waals surface area contributed by atoms with Gasteiger partial charge in [0.15, 0.2) is 6.61 Å². The number of carbonyl (C=O) groups excluding carboxylic acids is 1. The summed E-state index contributed by atoms with van der Waals surface area (Å²) in [6.07, 6.45) is 5.49. The van der Waals surface area contributed by atoms with Crippen molar-refractivity contribution >= 4 is 5.97 Å². The van der Waals surface area contributed by atoms with Crippen LogP contribution in [0.25, 0.3) is 11.5 Å². The van der Waals surface area contributed by atoms with Gasteiger partial charge in [-0.25, -0.2) is 0 Å². The van der Waals surface area contributed by atoms with E-state index in [2.05, 4.69) is 16.1 Å². The molecular weight excluding hydrogens is 256 g/mol. The molecule has 20 heavy (non-hydrogen) atoms. The molecule has 2 rings (SSSR count). The van der Waals surface area contributed by atoms with Gasteiger partial charge in [0.25, 0.3) is 0 Å². The lowest BCUT2D eigenvalue weighted by Crippen LogP contribution is -2.05. The molecule has 0 amide bonds. The number of terminal acetylenes is 1. The zero-order valence-corrected chi connectivity index (χ0v) is 11.1. The monoisotopic (exact) mass is 270 g/mol. The van der Waals surface area contributed by atoms with Crippen molar-refractivity contribution in [2.45, 2.75) is 19.8 Å². The number of nitrogens with zero attached hydrogens (tertiary/aromatic N) is 2. The van der Waals surface area contributed by atoms with Gasteiger partial charge >= 0.3 is 5.97 Å². The Labute approximate surface area is 117 Å². The highest BCUT2D eigenvalue weighted by Gasteiger charge is 2.10. The minimum Gasteiger partial charge on any atom is -0.452 e. The molecule has 0 N–H and O–H groups in total. The third-order valence-electron chi connectivity index (χ3n) is 2.62. The van der Waals surface area contributed by atoms with Gasteiger partial charge in [-0.2, -0.15) is 0 Å². The molecule has 5 nitrogen and oxygen atoms in total. The summed E-state index contributed by atoms with van der Waals surface area (Å²) in [7, 11) is 0. The Morgan fingerprint density at radius 1 is 1.35 bits per heavy atom. The van der Waals surface area contributed by atoms with E-state index < -0.39 is 0 Å². The molecule has 2 aromatic rings. The summed E-state index contributed by atoms with van der Waals surface area (Å²) in [4.78, 5) is 11.3. The first-order valence-electron chi connectivity index (χ1n) is 6.17. The first-order chi connectivity index (χ1) is 9.69. The number of aromatic nitrogens is 2. The predicted octanol–water partition coefficient (Wildman–Crippen LogP) is 2.15. The molecule has 0 aliphatic rings. The molecule has 0 saturated heterocycles. The fraction of sp³-hybridized carbons (Fsp3) is 0.267. The molecular formula is C15H14N2O3. The molecule has 0 saturated carbocycles. The first-order valence-corrected chi connectivity index (χ1v) is 6.17. The molecule has 102 valence electrons. The number of benzene rings is 1. The van der Waals surface area contributed by atoms with Crippen LogP contribution in [-0.4, -0.2) is 22.8 Å². The quantitative estimate of drug-likeness (QED) is 0.615. The Morgan fingerprint density at radius 3 is 2.80 bits per heavy atom. The van der Waals surface area contributed by atoms with Gasteiger partial charge < -0.3 is 9.15 Å². The predicted molar refractivity (Wildman–Crippen MR) is 72.6 cm³/mol. The number of ether oxygens (including phenoxy) is 1. The highest BCUT2D eigenvalue weighted by Crippen LogP contribution is 2.18. The minimum absolute atomic E-state index is 0.0166. The summed E-state index contributed by atoms with van der Waals surface area (Å²) < 4.78 is 10.2. The standard InChI is InChI=1S/C15H14N2O3/c1-3-10-19-14(18)9-8-13-16-17-15(20-13)12-6-4-11(2)5-7-12/h1,4-7H,8-10H2,2H3. The smallest absolute Gasteiger partial charge is 0.307 e. The summed E-state index contributed by atoms with van der Waals surface area (Å²) in [5.41, 5.74) is 2.01. The van der Waals surface area contributed by atoms with Crippen molar-refractivity contribution in [2.24, 2.45) is 0 Å². The van der Waals surface area contributed by atoms with Crippen molar-refractivity contribution in [3.63, 3.8) is 0 Å². The normalized spacial score (nSPS) is 10.0. The zero-order chi connectivity index (χ0) is 14.4. The minimum atomic E-state index is -0.377. The van der Waals surface area contributed by atoms with Crippen molar-refractivity contribution in [1.82, 2.24) is 10.2 Å². The second kappa shape index (κ2) is 6.53. The van der Waals surface area contributed by atoms with Crippen LogP contribution < -0.4 is 0 Å². The van der Waals surface area contributed by atoms with E-state index in [9.17, 15) is 4.79 Å². The van der Waals surface area contributed by atoms with Crippen LogP contribution in [0.15, 0.2) is 28.7 Å². The molecule has 0 fully saturated rings. The van der Waals surface area contributed by atoms with Gasteiger partial charge in [0.05, 0.1) is 6.42 Å². The van der Waals surface area contributed by atoms with E-state index in [-0.39, 0.29) is 19.0 Å². The lowest BCUT2D eigenvalue weighted by Gasteiger charge is -1.98. The maximum Gasteiger partial charge on any atom is 0.307 e. The van der Waals surface area contributed by atoms with Crippen LogP contribution in [-0.2, 0) is 16.0 Å². The molecule has 0 aliphatic carbocycles. The van der Waals surface area contributed by atoms with E-state index in [1.807, 2.05) is 31.2 Å². The Bertz CT molecular complexity index is 623. The SMILES string of the molecule is C#CCOC(=O)CCc1nnc(-c2ccc(C)cc2)o1. The van der Waals surface area contributed by atoms with Crippen LogP contribution in [0.2, 0.25) is 0 Å². The lowest BCUT2D eigenvalue weighted by atomic mass is 10.1. The molecule has 1 aromatic carbocycles. The molecule has 1 heterocycles. The topological polar surface area (TPSA) is 65.2 Å². The van der Waals surface area contributed by atoms with Crippen molar-refractivity contribution in [2.75, 3.05) is 6.61 Å². The molecule has 5 heteroatoms. The maximum atomic E-state index is 11.3. The van der Waals surface area contributed by atoms with Crippen LogP contribution in [0.5, 0.6) is 0 Å². The maximum absolute atomic E-state index is 11.3. The summed E-state index contributed by atoms with van der Waals surface area (Å²) >= 11 is 0. The van der Waals surface area contributed by atoms with Crippen LogP contribution in [0.1, 0.15) is 17.9 Å². The van der Waals surface area contributed by atoms with Crippen LogP contribution in [0, 0.1) is 19.3 Å². The summed E-state index contributed by atoms with van der Waals surface area (Å²) in [6.45, 7) is 1.99. The molecule has 0 bridgehead atoms. The van der Waals surface area contributed by atoms with Crippen LogP contribution in [0.3, 0.4) is 0 Å². The molecule has 0 atom stereocenters.